The van der Waals surface area contributed by atoms with E-state index >= 15 is 0 Å². The van der Waals surface area contributed by atoms with Gasteiger partial charge in [-0.25, -0.2) is 0 Å². The largest absolute Gasteiger partial charge is 0.497 e. The summed E-state index contributed by atoms with van der Waals surface area (Å²) in [7, 11) is 1.61. The summed E-state index contributed by atoms with van der Waals surface area (Å²) in [4.78, 5) is 10.1. The first-order valence-electron chi connectivity index (χ1n) is 4.88. The molecule has 0 saturated heterocycles. The first-order valence-corrected chi connectivity index (χ1v) is 6.10. The first-order chi connectivity index (χ1) is 8.17. The number of ether oxygens (including phenoxy) is 1. The Morgan fingerprint density at radius 1 is 1.41 bits per heavy atom. The number of allylic oxidation sites excluding steroid dienone is 2. The van der Waals surface area contributed by atoms with Gasteiger partial charge in [-0.05, 0) is 24.0 Å². The number of hydrogen-bond acceptors (Lipinski definition) is 4. The van der Waals surface area contributed by atoms with Crippen molar-refractivity contribution in [3.63, 3.8) is 0 Å². The molecule has 17 heavy (non-hydrogen) atoms. The maximum absolute atomic E-state index is 10.5. The highest BCUT2D eigenvalue weighted by Gasteiger charge is 2.04. The van der Waals surface area contributed by atoms with E-state index in [0.29, 0.717) is 0 Å². The van der Waals surface area contributed by atoms with Gasteiger partial charge < -0.3 is 4.74 Å². The van der Waals surface area contributed by atoms with Crippen molar-refractivity contribution in [1.82, 2.24) is 0 Å². The fourth-order valence-electron chi connectivity index (χ4n) is 1.16. The second-order valence-corrected chi connectivity index (χ2v) is 3.92. The van der Waals surface area contributed by atoms with Crippen molar-refractivity contribution in [1.29, 1.82) is 0 Å². The quantitative estimate of drug-likeness (QED) is 0.458. The molecule has 0 aromatic heterocycles. The standard InChI is InChI=1S/C12H13NO3S/c1-16-11-8-6-10(7-9-11)4-3-5-12(17-2)13(14)15/h3-9H,1-2H3/b4-3+,12-5-. The second-order valence-electron chi connectivity index (χ2n) is 3.10. The lowest BCUT2D eigenvalue weighted by Gasteiger charge is -1.98. The summed E-state index contributed by atoms with van der Waals surface area (Å²) in [6.07, 6.45) is 6.63. The van der Waals surface area contributed by atoms with Gasteiger partial charge >= 0.3 is 5.03 Å². The molecule has 0 aliphatic rings. The van der Waals surface area contributed by atoms with Gasteiger partial charge in [0.1, 0.15) is 5.75 Å². The second kappa shape index (κ2) is 6.75. The molecular weight excluding hydrogens is 238 g/mol. The number of nitrogens with zero attached hydrogens (tertiary/aromatic N) is 1. The Morgan fingerprint density at radius 2 is 2.06 bits per heavy atom. The van der Waals surface area contributed by atoms with Crippen LogP contribution in [0.4, 0.5) is 0 Å². The highest BCUT2D eigenvalue weighted by Crippen LogP contribution is 2.14. The Hall–Kier alpha value is -1.75. The van der Waals surface area contributed by atoms with Crippen molar-refractivity contribution < 1.29 is 9.66 Å². The minimum absolute atomic E-state index is 0.120. The fraction of sp³-hybridized carbons (Fsp3) is 0.167. The number of nitro groups is 1. The molecule has 1 aromatic carbocycles. The molecule has 0 N–H and O–H groups in total. The Kier molecular flexibility index (Phi) is 5.29. The SMILES string of the molecule is COc1ccc(/C=C/C=C(\SC)[N+](=O)[O-])cc1. The van der Waals surface area contributed by atoms with Gasteiger partial charge in [-0.1, -0.05) is 36.0 Å². The number of rotatable bonds is 5. The molecule has 0 bridgehead atoms. The maximum Gasteiger partial charge on any atom is 0.302 e. The minimum atomic E-state index is -0.400. The van der Waals surface area contributed by atoms with Crippen LogP contribution in [-0.4, -0.2) is 18.3 Å². The van der Waals surface area contributed by atoms with Gasteiger partial charge in [-0.15, -0.1) is 0 Å². The molecule has 0 heterocycles. The van der Waals surface area contributed by atoms with Crippen LogP contribution in [0.3, 0.4) is 0 Å². The summed E-state index contributed by atoms with van der Waals surface area (Å²) in [5.41, 5.74) is 0.964. The van der Waals surface area contributed by atoms with Gasteiger partial charge in [-0.3, -0.25) is 10.1 Å². The van der Waals surface area contributed by atoms with Gasteiger partial charge in [0.25, 0.3) is 0 Å². The van der Waals surface area contributed by atoms with E-state index in [4.69, 9.17) is 4.74 Å². The molecule has 5 heteroatoms. The van der Waals surface area contributed by atoms with Gasteiger partial charge in [0.15, 0.2) is 0 Å². The molecule has 0 aliphatic carbocycles. The molecule has 1 rings (SSSR count). The fourth-order valence-corrected chi connectivity index (χ4v) is 1.52. The molecule has 0 fully saturated rings. The molecule has 0 spiro atoms. The van der Waals surface area contributed by atoms with Gasteiger partial charge in [0.05, 0.1) is 12.0 Å². The summed E-state index contributed by atoms with van der Waals surface area (Å²) in [6.45, 7) is 0. The molecule has 1 aromatic rings. The number of hydrogen-bond donors (Lipinski definition) is 0. The van der Waals surface area contributed by atoms with Gasteiger partial charge in [0, 0.05) is 6.08 Å². The van der Waals surface area contributed by atoms with E-state index in [9.17, 15) is 10.1 Å². The topological polar surface area (TPSA) is 52.4 Å². The smallest absolute Gasteiger partial charge is 0.302 e. The third-order valence-electron chi connectivity index (χ3n) is 2.03. The molecule has 0 radical (unpaired) electrons. The van der Waals surface area contributed by atoms with Crippen LogP contribution in [0.25, 0.3) is 6.08 Å². The molecular formula is C12H13NO3S. The lowest BCUT2D eigenvalue weighted by atomic mass is 10.2. The monoisotopic (exact) mass is 251 g/mol. The zero-order valence-electron chi connectivity index (χ0n) is 9.62. The van der Waals surface area contributed by atoms with Crippen LogP contribution < -0.4 is 4.74 Å². The van der Waals surface area contributed by atoms with E-state index in [1.54, 1.807) is 25.5 Å². The van der Waals surface area contributed by atoms with Crippen LogP contribution in [0.15, 0.2) is 41.4 Å². The molecule has 0 amide bonds. The summed E-state index contributed by atoms with van der Waals surface area (Å²) >= 11 is 1.11. The molecule has 0 atom stereocenters. The van der Waals surface area contributed by atoms with Crippen LogP contribution in [0.1, 0.15) is 5.56 Å². The number of methoxy groups -OCH3 is 1. The predicted molar refractivity (Wildman–Crippen MR) is 70.6 cm³/mol. The van der Waals surface area contributed by atoms with Gasteiger partial charge in [-0.2, -0.15) is 0 Å². The van der Waals surface area contributed by atoms with E-state index in [-0.39, 0.29) is 5.03 Å². The van der Waals surface area contributed by atoms with Crippen molar-refractivity contribution in [3.8, 4) is 5.75 Å². The van der Waals surface area contributed by atoms with E-state index < -0.39 is 4.92 Å². The molecule has 0 aliphatic heterocycles. The van der Waals surface area contributed by atoms with Crippen molar-refractivity contribution >= 4 is 17.8 Å². The lowest BCUT2D eigenvalue weighted by Crippen LogP contribution is -1.92. The van der Waals surface area contributed by atoms with E-state index in [2.05, 4.69) is 0 Å². The highest BCUT2D eigenvalue weighted by atomic mass is 32.2. The Balaban J connectivity index is 2.73. The summed E-state index contributed by atoms with van der Waals surface area (Å²) in [6, 6.07) is 7.45. The van der Waals surface area contributed by atoms with Crippen LogP contribution in [-0.2, 0) is 0 Å². The average Bonchev–Trinajstić information content (AvgIpc) is 2.35. The normalized spacial score (nSPS) is 11.8. The molecule has 0 saturated carbocycles. The highest BCUT2D eigenvalue weighted by molar-refractivity contribution is 8.02. The van der Waals surface area contributed by atoms with Crippen LogP contribution >= 0.6 is 11.8 Å². The summed E-state index contributed by atoms with van der Waals surface area (Å²) in [5, 5.41) is 10.6. The van der Waals surface area contributed by atoms with E-state index in [1.807, 2.05) is 24.3 Å². The zero-order chi connectivity index (χ0) is 12.7. The Bertz CT molecular complexity index is 438. The molecule has 4 nitrogen and oxygen atoms in total. The summed E-state index contributed by atoms with van der Waals surface area (Å²) < 4.78 is 5.03. The predicted octanol–water partition coefficient (Wildman–Crippen LogP) is 3.19. The van der Waals surface area contributed by atoms with Crippen molar-refractivity contribution in [3.05, 3.63) is 57.1 Å². The lowest BCUT2D eigenvalue weighted by molar-refractivity contribution is -0.410. The van der Waals surface area contributed by atoms with Crippen LogP contribution in [0.2, 0.25) is 0 Å². The first kappa shape index (κ1) is 13.3. The third kappa shape index (κ3) is 4.32. The maximum atomic E-state index is 10.5. The van der Waals surface area contributed by atoms with Crippen LogP contribution in [0, 0.1) is 10.1 Å². The van der Waals surface area contributed by atoms with Crippen molar-refractivity contribution in [2.24, 2.45) is 0 Å². The Labute approximate surface area is 104 Å². The van der Waals surface area contributed by atoms with E-state index in [1.165, 1.54) is 6.08 Å². The number of benzene rings is 1. The molecule has 0 unspecified atom stereocenters. The Morgan fingerprint density at radius 3 is 2.53 bits per heavy atom. The van der Waals surface area contributed by atoms with Gasteiger partial charge in [0.2, 0.25) is 0 Å². The molecule has 90 valence electrons. The zero-order valence-corrected chi connectivity index (χ0v) is 10.4. The summed E-state index contributed by atoms with van der Waals surface area (Å²) in [5.74, 6) is 0.785. The number of thioether (sulfide) groups is 1. The van der Waals surface area contributed by atoms with E-state index in [0.717, 1.165) is 23.1 Å². The van der Waals surface area contributed by atoms with Crippen molar-refractivity contribution in [2.75, 3.05) is 13.4 Å². The van der Waals surface area contributed by atoms with Crippen molar-refractivity contribution in [2.45, 2.75) is 0 Å². The third-order valence-corrected chi connectivity index (χ3v) is 2.74. The van der Waals surface area contributed by atoms with Crippen LogP contribution in [0.5, 0.6) is 5.75 Å². The average molecular weight is 251 g/mol. The minimum Gasteiger partial charge on any atom is -0.497 e.